The fourth-order valence-corrected chi connectivity index (χ4v) is 5.07. The Bertz CT molecular complexity index is 1100. The van der Waals surface area contributed by atoms with Gasteiger partial charge >= 0.3 is 0 Å². The minimum absolute atomic E-state index is 0.0322. The van der Waals surface area contributed by atoms with Crippen LogP contribution in [-0.2, 0) is 17.9 Å². The molecule has 2 aliphatic heterocycles. The molecular weight excluding hydrogens is 450 g/mol. The van der Waals surface area contributed by atoms with Gasteiger partial charge in [0, 0.05) is 49.9 Å². The van der Waals surface area contributed by atoms with Gasteiger partial charge in [0.15, 0.2) is 0 Å². The number of benzene rings is 2. The highest BCUT2D eigenvalue weighted by atomic mass is 35.5. The predicted octanol–water partition coefficient (Wildman–Crippen LogP) is 3.95. The SMILES string of the molecule is O=C(C1CCCN(Cc2nc(-c3cccc(Cl)c3)no2)C1)N1CCN(Cc2ccccc2)CC1. The Morgan fingerprint density at radius 1 is 0.971 bits per heavy atom. The number of carbonyl (C=O) groups excluding carboxylic acids is 1. The van der Waals surface area contributed by atoms with Crippen LogP contribution in [0.1, 0.15) is 24.3 Å². The van der Waals surface area contributed by atoms with Crippen LogP contribution >= 0.6 is 11.6 Å². The molecule has 34 heavy (non-hydrogen) atoms. The summed E-state index contributed by atoms with van der Waals surface area (Å²) in [4.78, 5) is 24.5. The molecule has 3 heterocycles. The third kappa shape index (κ3) is 5.66. The van der Waals surface area contributed by atoms with Crippen molar-refractivity contribution in [1.82, 2.24) is 24.8 Å². The molecule has 2 aliphatic rings. The zero-order chi connectivity index (χ0) is 23.3. The number of likely N-dealkylation sites (tertiary alicyclic amines) is 1. The van der Waals surface area contributed by atoms with E-state index in [0.29, 0.717) is 23.3 Å². The molecule has 1 unspecified atom stereocenters. The average molecular weight is 480 g/mol. The van der Waals surface area contributed by atoms with Crippen molar-refractivity contribution in [2.24, 2.45) is 5.92 Å². The summed E-state index contributed by atoms with van der Waals surface area (Å²) in [5.74, 6) is 1.42. The van der Waals surface area contributed by atoms with Crippen molar-refractivity contribution < 1.29 is 9.32 Å². The third-order valence-electron chi connectivity index (χ3n) is 6.70. The first-order valence-corrected chi connectivity index (χ1v) is 12.4. The van der Waals surface area contributed by atoms with Gasteiger partial charge in [0.1, 0.15) is 0 Å². The molecule has 0 N–H and O–H groups in total. The largest absolute Gasteiger partial charge is 0.340 e. The maximum atomic E-state index is 13.3. The molecule has 2 fully saturated rings. The topological polar surface area (TPSA) is 65.7 Å². The summed E-state index contributed by atoms with van der Waals surface area (Å²) < 4.78 is 5.49. The van der Waals surface area contributed by atoms with Gasteiger partial charge in [0.25, 0.3) is 0 Å². The van der Waals surface area contributed by atoms with Gasteiger partial charge in [-0.1, -0.05) is 59.2 Å². The molecule has 0 bridgehead atoms. The Hall–Kier alpha value is -2.74. The highest BCUT2D eigenvalue weighted by molar-refractivity contribution is 6.30. The normalized spacial score (nSPS) is 19.9. The van der Waals surface area contributed by atoms with Crippen LogP contribution in [0.2, 0.25) is 5.02 Å². The van der Waals surface area contributed by atoms with Gasteiger partial charge in [-0.15, -0.1) is 0 Å². The van der Waals surface area contributed by atoms with Crippen molar-refractivity contribution >= 4 is 17.5 Å². The molecular formula is C26H30ClN5O2. The number of nitrogens with zero attached hydrogens (tertiary/aromatic N) is 5. The van der Waals surface area contributed by atoms with Crippen molar-refractivity contribution in [1.29, 1.82) is 0 Å². The van der Waals surface area contributed by atoms with Crippen LogP contribution in [0.4, 0.5) is 0 Å². The Balaban J connectivity index is 1.12. The van der Waals surface area contributed by atoms with Gasteiger partial charge in [-0.05, 0) is 37.1 Å². The first kappa shape index (κ1) is 23.0. The molecule has 0 aliphatic carbocycles. The standard InChI is InChI=1S/C26H30ClN5O2/c27-23-10-4-8-21(16-23)25-28-24(34-29-25)19-31-11-5-9-22(18-31)26(33)32-14-12-30(13-15-32)17-20-6-2-1-3-7-20/h1-4,6-8,10,16,22H,5,9,11-15,17-19H2. The summed E-state index contributed by atoms with van der Waals surface area (Å²) in [5, 5.41) is 4.75. The number of carbonyl (C=O) groups is 1. The quantitative estimate of drug-likeness (QED) is 0.533. The molecule has 178 valence electrons. The number of hydrogen-bond acceptors (Lipinski definition) is 6. The summed E-state index contributed by atoms with van der Waals surface area (Å²) in [7, 11) is 0. The minimum atomic E-state index is 0.0322. The van der Waals surface area contributed by atoms with E-state index in [1.807, 2.05) is 30.3 Å². The summed E-state index contributed by atoms with van der Waals surface area (Å²) in [5.41, 5.74) is 2.16. The van der Waals surface area contributed by atoms with Crippen molar-refractivity contribution in [3.05, 3.63) is 71.1 Å². The van der Waals surface area contributed by atoms with E-state index in [1.54, 1.807) is 0 Å². The van der Waals surface area contributed by atoms with Crippen LogP contribution < -0.4 is 0 Å². The molecule has 7 nitrogen and oxygen atoms in total. The number of halogens is 1. The Morgan fingerprint density at radius 3 is 2.59 bits per heavy atom. The Kier molecular flexibility index (Phi) is 7.23. The van der Waals surface area contributed by atoms with Gasteiger partial charge in [-0.2, -0.15) is 4.98 Å². The second-order valence-corrected chi connectivity index (χ2v) is 9.62. The van der Waals surface area contributed by atoms with E-state index in [-0.39, 0.29) is 11.8 Å². The smallest absolute Gasteiger partial charge is 0.241 e. The van der Waals surface area contributed by atoms with E-state index in [9.17, 15) is 4.79 Å². The maximum absolute atomic E-state index is 13.3. The first-order valence-electron chi connectivity index (χ1n) is 12.0. The van der Waals surface area contributed by atoms with E-state index >= 15 is 0 Å². The lowest BCUT2D eigenvalue weighted by Crippen LogP contribution is -2.52. The zero-order valence-corrected chi connectivity index (χ0v) is 20.0. The maximum Gasteiger partial charge on any atom is 0.241 e. The van der Waals surface area contributed by atoms with Crippen LogP contribution in [0, 0.1) is 5.92 Å². The van der Waals surface area contributed by atoms with E-state index < -0.39 is 0 Å². The molecule has 1 atom stereocenters. The van der Waals surface area contributed by atoms with Crippen molar-refractivity contribution in [3.63, 3.8) is 0 Å². The van der Waals surface area contributed by atoms with Gasteiger partial charge in [-0.3, -0.25) is 14.6 Å². The van der Waals surface area contributed by atoms with E-state index in [4.69, 9.17) is 16.1 Å². The summed E-state index contributed by atoms with van der Waals surface area (Å²) in [6.45, 7) is 6.62. The number of aromatic nitrogens is 2. The van der Waals surface area contributed by atoms with Gasteiger partial charge in [0.2, 0.25) is 17.6 Å². The van der Waals surface area contributed by atoms with Gasteiger partial charge in [0.05, 0.1) is 12.5 Å². The number of hydrogen-bond donors (Lipinski definition) is 0. The second kappa shape index (κ2) is 10.7. The second-order valence-electron chi connectivity index (χ2n) is 9.18. The van der Waals surface area contributed by atoms with E-state index in [1.165, 1.54) is 5.56 Å². The molecule has 0 radical (unpaired) electrons. The molecule has 0 spiro atoms. The van der Waals surface area contributed by atoms with E-state index in [2.05, 4.69) is 49.1 Å². The minimum Gasteiger partial charge on any atom is -0.340 e. The van der Waals surface area contributed by atoms with Gasteiger partial charge in [-0.25, -0.2) is 0 Å². The Labute approximate surface area is 205 Å². The van der Waals surface area contributed by atoms with Crippen molar-refractivity contribution in [2.75, 3.05) is 39.3 Å². The van der Waals surface area contributed by atoms with Crippen LogP contribution in [0.15, 0.2) is 59.1 Å². The van der Waals surface area contributed by atoms with Crippen LogP contribution in [-0.4, -0.2) is 70.0 Å². The Morgan fingerprint density at radius 2 is 1.79 bits per heavy atom. The monoisotopic (exact) mass is 479 g/mol. The highest BCUT2D eigenvalue weighted by Gasteiger charge is 2.31. The lowest BCUT2D eigenvalue weighted by molar-refractivity contribution is -0.139. The van der Waals surface area contributed by atoms with Gasteiger partial charge < -0.3 is 9.42 Å². The fraction of sp³-hybridized carbons (Fsp3) is 0.423. The molecule has 0 saturated carbocycles. The van der Waals surface area contributed by atoms with Crippen LogP contribution in [0.3, 0.4) is 0 Å². The summed E-state index contributed by atoms with van der Waals surface area (Å²) >= 11 is 6.08. The molecule has 2 aromatic carbocycles. The molecule has 1 aromatic heterocycles. The lowest BCUT2D eigenvalue weighted by Gasteiger charge is -2.38. The molecule has 5 rings (SSSR count). The van der Waals surface area contributed by atoms with Crippen LogP contribution in [0.25, 0.3) is 11.4 Å². The highest BCUT2D eigenvalue weighted by Crippen LogP contribution is 2.23. The number of piperidine rings is 1. The fourth-order valence-electron chi connectivity index (χ4n) is 4.88. The first-order chi connectivity index (χ1) is 16.6. The third-order valence-corrected chi connectivity index (χ3v) is 6.93. The van der Waals surface area contributed by atoms with Crippen LogP contribution in [0.5, 0.6) is 0 Å². The van der Waals surface area contributed by atoms with Crippen molar-refractivity contribution in [3.8, 4) is 11.4 Å². The summed E-state index contributed by atoms with van der Waals surface area (Å²) in [6, 6.07) is 18.0. The molecule has 3 aromatic rings. The zero-order valence-electron chi connectivity index (χ0n) is 19.3. The summed E-state index contributed by atoms with van der Waals surface area (Å²) in [6.07, 6.45) is 1.94. The van der Waals surface area contributed by atoms with Crippen molar-refractivity contribution in [2.45, 2.75) is 25.9 Å². The number of piperazine rings is 1. The molecule has 2 saturated heterocycles. The number of amides is 1. The number of rotatable bonds is 6. The lowest BCUT2D eigenvalue weighted by atomic mass is 9.96. The average Bonchev–Trinajstić information content (AvgIpc) is 3.33. The molecule has 1 amide bonds. The predicted molar refractivity (Wildman–Crippen MR) is 131 cm³/mol. The van der Waals surface area contributed by atoms with E-state index in [0.717, 1.165) is 64.2 Å². The molecule has 8 heteroatoms.